The number of hydrogen-bond donors (Lipinski definition) is 1. The van der Waals surface area contributed by atoms with Gasteiger partial charge in [0.25, 0.3) is 5.91 Å². The number of halogens is 1. The summed E-state index contributed by atoms with van der Waals surface area (Å²) in [6.07, 6.45) is 0. The lowest BCUT2D eigenvalue weighted by Gasteiger charge is -2.08. The molecule has 0 saturated carbocycles. The monoisotopic (exact) mass is 484 g/mol. The second-order valence-electron chi connectivity index (χ2n) is 7.95. The first-order chi connectivity index (χ1) is 16.5. The van der Waals surface area contributed by atoms with Crippen molar-refractivity contribution in [1.82, 2.24) is 5.32 Å². The SMILES string of the molecule is CC1=Nc2cc(C(=O)NCc3ccccc3)ccc2Sc2ccccc21.Cc1cccc(Cl)c1. The summed E-state index contributed by atoms with van der Waals surface area (Å²) in [4.78, 5) is 19.5. The minimum atomic E-state index is -0.0868. The number of aryl methyl sites for hydroxylation is 1. The van der Waals surface area contributed by atoms with Crippen LogP contribution in [0.4, 0.5) is 5.69 Å². The van der Waals surface area contributed by atoms with Crippen molar-refractivity contribution in [2.75, 3.05) is 0 Å². The number of hydrogen-bond acceptors (Lipinski definition) is 3. The Morgan fingerprint density at radius 1 is 0.853 bits per heavy atom. The summed E-state index contributed by atoms with van der Waals surface area (Å²) in [7, 11) is 0. The van der Waals surface area contributed by atoms with E-state index in [-0.39, 0.29) is 5.91 Å². The Morgan fingerprint density at radius 2 is 1.62 bits per heavy atom. The molecule has 1 aliphatic heterocycles. The molecule has 1 amide bonds. The van der Waals surface area contributed by atoms with Crippen LogP contribution < -0.4 is 5.32 Å². The fraction of sp³-hybridized carbons (Fsp3) is 0.103. The Balaban J connectivity index is 0.000000291. The van der Waals surface area contributed by atoms with Crippen molar-refractivity contribution in [1.29, 1.82) is 0 Å². The number of nitrogens with one attached hydrogen (secondary N) is 1. The van der Waals surface area contributed by atoms with E-state index >= 15 is 0 Å². The van der Waals surface area contributed by atoms with Gasteiger partial charge in [-0.05, 0) is 61.4 Å². The summed E-state index contributed by atoms with van der Waals surface area (Å²) in [6.45, 7) is 4.54. The van der Waals surface area contributed by atoms with Gasteiger partial charge in [0, 0.05) is 38.2 Å². The maximum absolute atomic E-state index is 12.5. The molecule has 170 valence electrons. The van der Waals surface area contributed by atoms with Crippen molar-refractivity contribution in [3.8, 4) is 0 Å². The molecule has 0 unspecified atom stereocenters. The highest BCUT2D eigenvalue weighted by molar-refractivity contribution is 7.99. The molecular formula is C29H25ClN2OS. The van der Waals surface area contributed by atoms with Crippen LogP contribution in [0.15, 0.2) is 112 Å². The molecule has 0 fully saturated rings. The molecule has 4 aromatic rings. The Bertz CT molecular complexity index is 1320. The van der Waals surface area contributed by atoms with Crippen LogP contribution in [0.2, 0.25) is 5.02 Å². The molecule has 0 aromatic heterocycles. The summed E-state index contributed by atoms with van der Waals surface area (Å²) >= 11 is 7.34. The summed E-state index contributed by atoms with van der Waals surface area (Å²) in [5.74, 6) is -0.0868. The fourth-order valence-corrected chi connectivity index (χ4v) is 4.83. The number of carbonyl (C=O) groups excluding carboxylic acids is 1. The molecule has 0 atom stereocenters. The number of aliphatic imine (C=N–C) groups is 1. The number of fused-ring (bicyclic) bond motifs is 2. The number of rotatable bonds is 3. The molecular weight excluding hydrogens is 460 g/mol. The molecule has 0 spiro atoms. The second-order valence-corrected chi connectivity index (χ2v) is 9.47. The number of amides is 1. The van der Waals surface area contributed by atoms with Gasteiger partial charge in [0.2, 0.25) is 0 Å². The predicted molar refractivity (Wildman–Crippen MR) is 143 cm³/mol. The summed E-state index contributed by atoms with van der Waals surface area (Å²) in [5, 5.41) is 3.78. The third kappa shape index (κ3) is 6.16. The zero-order valence-corrected chi connectivity index (χ0v) is 20.7. The van der Waals surface area contributed by atoms with Crippen LogP contribution in [0.1, 0.15) is 34.0 Å². The van der Waals surface area contributed by atoms with Gasteiger partial charge in [0.15, 0.2) is 0 Å². The van der Waals surface area contributed by atoms with E-state index in [9.17, 15) is 4.79 Å². The van der Waals surface area contributed by atoms with Crippen LogP contribution in [0.5, 0.6) is 0 Å². The summed E-state index contributed by atoms with van der Waals surface area (Å²) < 4.78 is 0. The lowest BCUT2D eigenvalue weighted by atomic mass is 10.1. The maximum Gasteiger partial charge on any atom is 0.251 e. The molecule has 3 nitrogen and oxygen atoms in total. The van der Waals surface area contributed by atoms with Gasteiger partial charge in [-0.15, -0.1) is 0 Å². The highest BCUT2D eigenvalue weighted by Gasteiger charge is 2.16. The molecule has 0 radical (unpaired) electrons. The van der Waals surface area contributed by atoms with Crippen molar-refractivity contribution < 1.29 is 4.79 Å². The van der Waals surface area contributed by atoms with Crippen LogP contribution in [0, 0.1) is 6.92 Å². The Hall–Kier alpha value is -3.34. The van der Waals surface area contributed by atoms with Crippen molar-refractivity contribution in [2.45, 2.75) is 30.2 Å². The minimum absolute atomic E-state index is 0.0868. The lowest BCUT2D eigenvalue weighted by molar-refractivity contribution is 0.0951. The fourth-order valence-electron chi connectivity index (χ4n) is 3.53. The first-order valence-electron chi connectivity index (χ1n) is 11.0. The smallest absolute Gasteiger partial charge is 0.251 e. The van der Waals surface area contributed by atoms with Gasteiger partial charge < -0.3 is 5.32 Å². The number of benzene rings is 4. The van der Waals surface area contributed by atoms with Crippen molar-refractivity contribution in [3.63, 3.8) is 0 Å². The van der Waals surface area contributed by atoms with Gasteiger partial charge in [0.1, 0.15) is 0 Å². The Morgan fingerprint density at radius 3 is 2.35 bits per heavy atom. The molecule has 34 heavy (non-hydrogen) atoms. The third-order valence-electron chi connectivity index (χ3n) is 5.28. The van der Waals surface area contributed by atoms with E-state index in [2.05, 4.69) is 17.4 Å². The molecule has 1 aliphatic rings. The molecule has 4 aromatic carbocycles. The zero-order valence-electron chi connectivity index (χ0n) is 19.1. The second kappa shape index (κ2) is 11.2. The van der Waals surface area contributed by atoms with E-state index < -0.39 is 0 Å². The minimum Gasteiger partial charge on any atom is -0.348 e. The van der Waals surface area contributed by atoms with E-state index in [0.29, 0.717) is 12.1 Å². The van der Waals surface area contributed by atoms with Gasteiger partial charge in [-0.3, -0.25) is 9.79 Å². The average Bonchev–Trinajstić information content (AvgIpc) is 2.98. The summed E-state index contributed by atoms with van der Waals surface area (Å²) in [6, 6.07) is 31.6. The summed E-state index contributed by atoms with van der Waals surface area (Å²) in [5.41, 5.74) is 5.87. The quantitative estimate of drug-likeness (QED) is 0.321. The highest BCUT2D eigenvalue weighted by Crippen LogP contribution is 2.40. The van der Waals surface area contributed by atoms with E-state index in [4.69, 9.17) is 16.6 Å². The van der Waals surface area contributed by atoms with E-state index in [0.717, 1.165) is 32.4 Å². The molecule has 0 bridgehead atoms. The van der Waals surface area contributed by atoms with Crippen LogP contribution in [0.25, 0.3) is 0 Å². The highest BCUT2D eigenvalue weighted by atomic mass is 35.5. The molecule has 0 aliphatic carbocycles. The van der Waals surface area contributed by atoms with Crippen molar-refractivity contribution >= 4 is 40.7 Å². The normalized spacial score (nSPS) is 11.7. The van der Waals surface area contributed by atoms with Gasteiger partial charge in [0.05, 0.1) is 5.69 Å². The van der Waals surface area contributed by atoms with E-state index in [1.165, 1.54) is 10.5 Å². The van der Waals surface area contributed by atoms with E-state index in [1.807, 2.05) is 98.8 Å². The van der Waals surface area contributed by atoms with E-state index in [1.54, 1.807) is 11.8 Å². The maximum atomic E-state index is 12.5. The van der Waals surface area contributed by atoms with Gasteiger partial charge >= 0.3 is 0 Å². The number of carbonyl (C=O) groups is 1. The van der Waals surface area contributed by atoms with Gasteiger partial charge in [-0.2, -0.15) is 0 Å². The molecule has 1 heterocycles. The average molecular weight is 485 g/mol. The number of nitrogens with zero attached hydrogens (tertiary/aromatic N) is 1. The predicted octanol–water partition coefficient (Wildman–Crippen LogP) is 7.87. The lowest BCUT2D eigenvalue weighted by Crippen LogP contribution is -2.22. The first kappa shape index (κ1) is 23.8. The first-order valence-corrected chi connectivity index (χ1v) is 12.2. The van der Waals surface area contributed by atoms with Crippen LogP contribution in [-0.4, -0.2) is 11.6 Å². The molecule has 1 N–H and O–H groups in total. The topological polar surface area (TPSA) is 41.5 Å². The zero-order chi connectivity index (χ0) is 23.9. The largest absolute Gasteiger partial charge is 0.348 e. The van der Waals surface area contributed by atoms with Crippen LogP contribution >= 0.6 is 23.4 Å². The van der Waals surface area contributed by atoms with Gasteiger partial charge in [-0.1, -0.05) is 84.0 Å². The Kier molecular flexibility index (Phi) is 7.84. The van der Waals surface area contributed by atoms with Crippen LogP contribution in [-0.2, 0) is 6.54 Å². The Labute approximate surface area is 209 Å². The standard InChI is InChI=1S/C22H18N2OS.C7H7Cl/c1-15-18-9-5-6-10-20(18)26-21-12-11-17(13-19(21)24-15)22(25)23-14-16-7-3-2-4-8-16;1-6-3-2-4-7(8)5-6/h2-13H,14H2,1H3,(H,23,25);2-5H,1H3. The molecule has 5 heteroatoms. The molecule has 5 rings (SSSR count). The van der Waals surface area contributed by atoms with Crippen LogP contribution in [0.3, 0.4) is 0 Å². The third-order valence-corrected chi connectivity index (χ3v) is 6.66. The van der Waals surface area contributed by atoms with Gasteiger partial charge in [-0.25, -0.2) is 0 Å². The van der Waals surface area contributed by atoms with Crippen molar-refractivity contribution in [2.24, 2.45) is 4.99 Å². The van der Waals surface area contributed by atoms with Crippen molar-refractivity contribution in [3.05, 3.63) is 124 Å². The molecule has 0 saturated heterocycles.